The molecule has 1 aliphatic rings. The highest BCUT2D eigenvalue weighted by Crippen LogP contribution is 2.29. The van der Waals surface area contributed by atoms with Crippen LogP contribution in [-0.2, 0) is 16.1 Å². The summed E-state index contributed by atoms with van der Waals surface area (Å²) >= 11 is 0. The summed E-state index contributed by atoms with van der Waals surface area (Å²) in [5, 5.41) is 2.79. The molecule has 2 aromatic carbocycles. The van der Waals surface area contributed by atoms with Crippen molar-refractivity contribution < 1.29 is 23.6 Å². The molecule has 3 rings (SSSR count). The first-order chi connectivity index (χ1) is 13.4. The third-order valence-corrected chi connectivity index (χ3v) is 5.12. The monoisotopic (exact) mass is 386 g/mol. The van der Waals surface area contributed by atoms with Crippen molar-refractivity contribution in [3.05, 3.63) is 53.8 Å². The summed E-state index contributed by atoms with van der Waals surface area (Å²) in [5.74, 6) is -0.569. The quantitative estimate of drug-likeness (QED) is 0.793. The Morgan fingerprint density at radius 2 is 2.07 bits per heavy atom. The van der Waals surface area contributed by atoms with E-state index >= 15 is 0 Å². The van der Waals surface area contributed by atoms with Crippen molar-refractivity contribution in [3.8, 4) is 5.75 Å². The lowest BCUT2D eigenvalue weighted by molar-refractivity contribution is -0.926. The first-order valence-electron chi connectivity index (χ1n) is 9.31. The molecule has 0 saturated heterocycles. The maximum absolute atomic E-state index is 14.0. The molecular formula is C21H25FN3O3+. The maximum atomic E-state index is 14.0. The van der Waals surface area contributed by atoms with Gasteiger partial charge in [-0.2, -0.15) is 0 Å². The van der Waals surface area contributed by atoms with Gasteiger partial charge in [0.15, 0.2) is 17.6 Å². The van der Waals surface area contributed by atoms with E-state index in [0.717, 1.165) is 10.5 Å². The largest absolute Gasteiger partial charge is 0.494 e. The predicted octanol–water partition coefficient (Wildman–Crippen LogP) is 1.61. The van der Waals surface area contributed by atoms with Gasteiger partial charge in [-0.15, -0.1) is 0 Å². The standard InChI is InChI=1S/C21H24FN3O3/c1-4-24(12-15-9-10-19(28-3)16(22)11-15)14(2)21(27)25-13-20(26)23-17-7-5-6-8-18(17)25/h5-11,14H,4,12-13H2,1-3H3,(H,23,26)/p+1/t14-/m1/s1. The molecule has 28 heavy (non-hydrogen) atoms. The second-order valence-electron chi connectivity index (χ2n) is 6.87. The number of methoxy groups -OCH3 is 1. The molecule has 0 aromatic heterocycles. The number of para-hydroxylation sites is 2. The highest BCUT2D eigenvalue weighted by atomic mass is 19.1. The van der Waals surface area contributed by atoms with Crippen molar-refractivity contribution in [2.45, 2.75) is 26.4 Å². The van der Waals surface area contributed by atoms with Crippen LogP contribution in [0.2, 0.25) is 0 Å². The van der Waals surface area contributed by atoms with E-state index in [9.17, 15) is 14.0 Å². The lowest BCUT2D eigenvalue weighted by Gasteiger charge is -2.33. The van der Waals surface area contributed by atoms with Gasteiger partial charge in [0.05, 0.1) is 25.0 Å². The van der Waals surface area contributed by atoms with Crippen molar-refractivity contribution in [2.75, 3.05) is 30.4 Å². The number of nitrogens with one attached hydrogen (secondary N) is 2. The second kappa shape index (κ2) is 8.39. The number of carbonyl (C=O) groups is 2. The normalized spacial score (nSPS) is 15.4. The number of nitrogens with zero attached hydrogens (tertiary/aromatic N) is 1. The van der Waals surface area contributed by atoms with Crippen molar-refractivity contribution in [1.82, 2.24) is 0 Å². The van der Waals surface area contributed by atoms with Gasteiger partial charge in [-0.1, -0.05) is 12.1 Å². The summed E-state index contributed by atoms with van der Waals surface area (Å²) in [4.78, 5) is 27.7. The van der Waals surface area contributed by atoms with Crippen LogP contribution in [0.15, 0.2) is 42.5 Å². The van der Waals surface area contributed by atoms with Crippen LogP contribution in [0.25, 0.3) is 0 Å². The van der Waals surface area contributed by atoms with E-state index in [1.807, 2.05) is 32.0 Å². The zero-order chi connectivity index (χ0) is 20.3. The topological polar surface area (TPSA) is 63.1 Å². The molecule has 148 valence electrons. The maximum Gasteiger partial charge on any atom is 0.285 e. The minimum absolute atomic E-state index is 0.00561. The van der Waals surface area contributed by atoms with Gasteiger partial charge in [0.25, 0.3) is 5.91 Å². The number of hydrogen-bond acceptors (Lipinski definition) is 3. The Balaban J connectivity index is 1.79. The number of fused-ring (bicyclic) bond motifs is 1. The number of likely N-dealkylation sites (N-methyl/N-ethyl adjacent to an activating group) is 1. The fourth-order valence-electron chi connectivity index (χ4n) is 3.50. The predicted molar refractivity (Wildman–Crippen MR) is 105 cm³/mol. The van der Waals surface area contributed by atoms with Crippen LogP contribution in [0, 0.1) is 5.82 Å². The van der Waals surface area contributed by atoms with Crippen molar-refractivity contribution in [1.29, 1.82) is 0 Å². The number of anilines is 2. The van der Waals surface area contributed by atoms with Gasteiger partial charge in [0.1, 0.15) is 13.1 Å². The lowest BCUT2D eigenvalue weighted by atomic mass is 10.1. The Bertz CT molecular complexity index is 887. The summed E-state index contributed by atoms with van der Waals surface area (Å²) in [5.41, 5.74) is 2.12. The number of quaternary nitrogens is 1. The Hall–Kier alpha value is -2.93. The Morgan fingerprint density at radius 3 is 2.75 bits per heavy atom. The fourth-order valence-corrected chi connectivity index (χ4v) is 3.50. The summed E-state index contributed by atoms with van der Waals surface area (Å²) in [6, 6.07) is 11.7. The first-order valence-corrected chi connectivity index (χ1v) is 9.31. The zero-order valence-electron chi connectivity index (χ0n) is 16.3. The summed E-state index contributed by atoms with van der Waals surface area (Å²) in [6.45, 7) is 4.99. The van der Waals surface area contributed by atoms with Gasteiger partial charge in [-0.3, -0.25) is 14.5 Å². The molecule has 0 spiro atoms. The molecule has 1 aliphatic heterocycles. The fraction of sp³-hybridized carbons (Fsp3) is 0.333. The van der Waals surface area contributed by atoms with Crippen molar-refractivity contribution in [2.24, 2.45) is 0 Å². The van der Waals surface area contributed by atoms with Gasteiger partial charge in [0, 0.05) is 5.56 Å². The average molecular weight is 386 g/mol. The number of rotatable bonds is 6. The molecule has 1 heterocycles. The molecule has 2 N–H and O–H groups in total. The van der Waals surface area contributed by atoms with E-state index in [1.165, 1.54) is 18.1 Å². The molecule has 2 aromatic rings. The molecule has 0 fully saturated rings. The number of halogens is 1. The molecule has 1 unspecified atom stereocenters. The SMILES string of the molecule is CC[NH+](Cc1ccc(OC)c(F)c1)[C@H](C)C(=O)N1CC(=O)Nc2ccccc21. The number of benzene rings is 2. The van der Waals surface area contributed by atoms with Gasteiger partial charge >= 0.3 is 0 Å². The number of carbonyl (C=O) groups excluding carboxylic acids is 2. The van der Waals surface area contributed by atoms with E-state index in [0.29, 0.717) is 24.5 Å². The third-order valence-electron chi connectivity index (χ3n) is 5.12. The first kappa shape index (κ1) is 19.8. The number of hydrogen-bond donors (Lipinski definition) is 2. The molecular weight excluding hydrogens is 361 g/mol. The summed E-state index contributed by atoms with van der Waals surface area (Å²) < 4.78 is 19.0. The van der Waals surface area contributed by atoms with E-state index in [1.54, 1.807) is 18.2 Å². The Kier molecular flexibility index (Phi) is 5.94. The van der Waals surface area contributed by atoms with Crippen LogP contribution in [0.4, 0.5) is 15.8 Å². The molecule has 0 radical (unpaired) electrons. The minimum Gasteiger partial charge on any atom is -0.494 e. The van der Waals surface area contributed by atoms with E-state index in [-0.39, 0.29) is 24.1 Å². The van der Waals surface area contributed by atoms with Crippen molar-refractivity contribution in [3.63, 3.8) is 0 Å². The average Bonchev–Trinajstić information content (AvgIpc) is 2.70. The molecule has 2 atom stereocenters. The Morgan fingerprint density at radius 1 is 1.32 bits per heavy atom. The van der Waals surface area contributed by atoms with E-state index in [2.05, 4.69) is 5.32 Å². The van der Waals surface area contributed by atoms with Crippen LogP contribution in [0.3, 0.4) is 0 Å². The van der Waals surface area contributed by atoms with Crippen molar-refractivity contribution >= 4 is 23.2 Å². The zero-order valence-corrected chi connectivity index (χ0v) is 16.3. The molecule has 6 nitrogen and oxygen atoms in total. The second-order valence-corrected chi connectivity index (χ2v) is 6.87. The highest BCUT2D eigenvalue weighted by Gasteiger charge is 2.34. The van der Waals surface area contributed by atoms with Gasteiger partial charge in [0.2, 0.25) is 5.91 Å². The Labute approximate surface area is 163 Å². The van der Waals surface area contributed by atoms with Crippen LogP contribution in [0.1, 0.15) is 19.4 Å². The number of amides is 2. The van der Waals surface area contributed by atoms with Crippen LogP contribution < -0.4 is 19.9 Å². The van der Waals surface area contributed by atoms with E-state index < -0.39 is 11.9 Å². The van der Waals surface area contributed by atoms with E-state index in [4.69, 9.17) is 4.74 Å². The minimum atomic E-state index is -0.420. The van der Waals surface area contributed by atoms with Gasteiger partial charge in [-0.05, 0) is 44.2 Å². The van der Waals surface area contributed by atoms with Gasteiger partial charge < -0.3 is 15.0 Å². The lowest BCUT2D eigenvalue weighted by Crippen LogP contribution is -3.15. The third kappa shape index (κ3) is 3.99. The molecule has 0 bridgehead atoms. The van der Waals surface area contributed by atoms with Crippen LogP contribution in [0.5, 0.6) is 5.75 Å². The van der Waals surface area contributed by atoms with Crippen LogP contribution in [-0.4, -0.2) is 38.1 Å². The molecule has 7 heteroatoms. The highest BCUT2D eigenvalue weighted by molar-refractivity contribution is 6.10. The molecule has 0 aliphatic carbocycles. The van der Waals surface area contributed by atoms with Gasteiger partial charge in [-0.25, -0.2) is 4.39 Å². The van der Waals surface area contributed by atoms with Crippen LogP contribution >= 0.6 is 0 Å². The summed E-state index contributed by atoms with van der Waals surface area (Å²) in [6.07, 6.45) is 0. The number of ether oxygens (including phenoxy) is 1. The smallest absolute Gasteiger partial charge is 0.285 e. The molecule has 2 amide bonds. The summed E-state index contributed by atoms with van der Waals surface area (Å²) in [7, 11) is 1.43. The molecule has 0 saturated carbocycles.